The maximum Gasteiger partial charge on any atom is 0.323 e. The number of benzene rings is 2. The second kappa shape index (κ2) is 5.86. The zero-order valence-corrected chi connectivity index (χ0v) is 9.72. The molecule has 0 heterocycles. The summed E-state index contributed by atoms with van der Waals surface area (Å²) in [6.45, 7) is 0.174. The Morgan fingerprint density at radius 2 is 1.32 bits per heavy atom. The van der Waals surface area contributed by atoms with Gasteiger partial charge in [0.15, 0.2) is 0 Å². The first kappa shape index (κ1) is 12.9. The van der Waals surface area contributed by atoms with Crippen LogP contribution in [0.5, 0.6) is 0 Å². The molecule has 0 spiro atoms. The molecule has 0 saturated carbocycles. The second-order valence-corrected chi connectivity index (χ2v) is 3.66. The van der Waals surface area contributed by atoms with Crippen molar-refractivity contribution in [3.8, 4) is 0 Å². The van der Waals surface area contributed by atoms with Gasteiger partial charge in [0.05, 0.1) is 0 Å². The summed E-state index contributed by atoms with van der Waals surface area (Å²) in [6.07, 6.45) is 0. The van der Waals surface area contributed by atoms with Gasteiger partial charge < -0.3 is 4.84 Å². The molecule has 0 aliphatic carbocycles. The van der Waals surface area contributed by atoms with Crippen LogP contribution in [-0.4, -0.2) is 12.2 Å². The average Bonchev–Trinajstić information content (AvgIpc) is 2.43. The molecule has 19 heavy (non-hydrogen) atoms. The van der Waals surface area contributed by atoms with Gasteiger partial charge in [0.25, 0.3) is 0 Å². The molecule has 2 rings (SSSR count). The minimum atomic E-state index is -0.390. The van der Waals surface area contributed by atoms with Crippen molar-refractivity contribution < 1.29 is 18.4 Å². The van der Waals surface area contributed by atoms with Crippen LogP contribution in [0.25, 0.3) is 0 Å². The van der Waals surface area contributed by atoms with Gasteiger partial charge in [-0.1, -0.05) is 5.16 Å². The van der Waals surface area contributed by atoms with E-state index < -0.39 is 11.6 Å². The summed E-state index contributed by atoms with van der Waals surface area (Å²) >= 11 is 0. The summed E-state index contributed by atoms with van der Waals surface area (Å²) in [5.74, 6) is -0.781. The Labute approximate surface area is 108 Å². The van der Waals surface area contributed by atoms with E-state index in [1.54, 1.807) is 0 Å². The Morgan fingerprint density at radius 3 is 1.68 bits per heavy atom. The van der Waals surface area contributed by atoms with Gasteiger partial charge in [-0.25, -0.2) is 8.78 Å². The fraction of sp³-hybridized carbons (Fsp3) is 0. The summed E-state index contributed by atoms with van der Waals surface area (Å²) in [5, 5.41) is 3.65. The van der Waals surface area contributed by atoms with Crippen molar-refractivity contribution in [1.82, 2.24) is 0 Å². The lowest BCUT2D eigenvalue weighted by Crippen LogP contribution is -2.04. The average molecular weight is 261 g/mol. The number of hydrogen-bond acceptors (Lipinski definition) is 3. The molecule has 0 aliphatic heterocycles. The van der Waals surface area contributed by atoms with Gasteiger partial charge in [-0.15, -0.1) is 0 Å². The van der Waals surface area contributed by atoms with Crippen molar-refractivity contribution in [2.24, 2.45) is 5.16 Å². The first-order valence-corrected chi connectivity index (χ1v) is 5.40. The minimum Gasteiger partial charge on any atom is -0.321 e. The SMILES string of the molecule is O=CON=C(c1ccc(F)cc1)c1ccc(F)cc1. The number of rotatable bonds is 4. The Balaban J connectivity index is 2.44. The van der Waals surface area contributed by atoms with E-state index in [-0.39, 0.29) is 6.47 Å². The van der Waals surface area contributed by atoms with E-state index in [0.29, 0.717) is 16.8 Å². The first-order valence-electron chi connectivity index (χ1n) is 5.40. The summed E-state index contributed by atoms with van der Waals surface area (Å²) in [5.41, 5.74) is 1.41. The maximum absolute atomic E-state index is 12.9. The topological polar surface area (TPSA) is 38.7 Å². The lowest BCUT2D eigenvalue weighted by atomic mass is 10.0. The zero-order chi connectivity index (χ0) is 13.7. The number of halogens is 2. The van der Waals surface area contributed by atoms with Crippen LogP contribution in [0, 0.1) is 11.6 Å². The molecule has 0 unspecified atom stereocenters. The molecule has 96 valence electrons. The zero-order valence-electron chi connectivity index (χ0n) is 9.72. The predicted molar refractivity (Wildman–Crippen MR) is 65.6 cm³/mol. The molecular formula is C14H9F2NO2. The van der Waals surface area contributed by atoms with Gasteiger partial charge in [-0.2, -0.15) is 0 Å². The molecule has 0 aliphatic rings. The van der Waals surface area contributed by atoms with E-state index in [2.05, 4.69) is 9.99 Å². The van der Waals surface area contributed by atoms with Gasteiger partial charge in [-0.05, 0) is 48.5 Å². The fourth-order valence-electron chi connectivity index (χ4n) is 1.56. The third-order valence-electron chi connectivity index (χ3n) is 2.42. The van der Waals surface area contributed by atoms with Crippen LogP contribution >= 0.6 is 0 Å². The predicted octanol–water partition coefficient (Wildman–Crippen LogP) is 2.89. The molecule has 0 N–H and O–H groups in total. The van der Waals surface area contributed by atoms with Gasteiger partial charge in [0.2, 0.25) is 0 Å². The third-order valence-corrected chi connectivity index (χ3v) is 2.42. The highest BCUT2D eigenvalue weighted by Crippen LogP contribution is 2.13. The number of nitrogens with zero attached hydrogens (tertiary/aromatic N) is 1. The number of carbonyl (C=O) groups excluding carboxylic acids is 1. The summed E-state index contributed by atoms with van der Waals surface area (Å²) < 4.78 is 25.8. The normalized spacial score (nSPS) is 9.79. The van der Waals surface area contributed by atoms with E-state index in [0.717, 1.165) is 0 Å². The molecule has 0 amide bonds. The highest BCUT2D eigenvalue weighted by molar-refractivity contribution is 6.12. The van der Waals surface area contributed by atoms with Crippen molar-refractivity contribution >= 4 is 12.2 Å². The molecule has 0 radical (unpaired) electrons. The monoisotopic (exact) mass is 261 g/mol. The van der Waals surface area contributed by atoms with Crippen molar-refractivity contribution in [2.45, 2.75) is 0 Å². The quantitative estimate of drug-likeness (QED) is 0.367. The van der Waals surface area contributed by atoms with E-state index in [4.69, 9.17) is 0 Å². The van der Waals surface area contributed by atoms with Crippen molar-refractivity contribution in [2.75, 3.05) is 0 Å². The first-order chi connectivity index (χ1) is 9.20. The number of carbonyl (C=O) groups is 1. The smallest absolute Gasteiger partial charge is 0.321 e. The molecule has 2 aromatic rings. The molecule has 0 fully saturated rings. The molecule has 0 saturated heterocycles. The lowest BCUT2D eigenvalue weighted by molar-refractivity contribution is -0.128. The highest BCUT2D eigenvalue weighted by atomic mass is 19.1. The van der Waals surface area contributed by atoms with Crippen LogP contribution in [0.4, 0.5) is 8.78 Å². The van der Waals surface area contributed by atoms with E-state index in [9.17, 15) is 13.6 Å². The Morgan fingerprint density at radius 1 is 0.895 bits per heavy atom. The molecule has 2 aromatic carbocycles. The van der Waals surface area contributed by atoms with Crippen molar-refractivity contribution in [3.63, 3.8) is 0 Å². The van der Waals surface area contributed by atoms with Crippen LogP contribution in [0.3, 0.4) is 0 Å². The third kappa shape index (κ3) is 3.22. The van der Waals surface area contributed by atoms with Crippen molar-refractivity contribution in [3.05, 3.63) is 71.3 Å². The van der Waals surface area contributed by atoms with Crippen LogP contribution in [0.2, 0.25) is 0 Å². The standard InChI is InChI=1S/C14H9F2NO2/c15-12-5-1-10(2-6-12)14(17-19-9-18)11-3-7-13(16)8-4-11/h1-9H. The molecule has 0 atom stereocenters. The van der Waals surface area contributed by atoms with Gasteiger partial charge in [0, 0.05) is 11.1 Å². The Bertz CT molecular complexity index is 544. The van der Waals surface area contributed by atoms with Crippen LogP contribution in [-0.2, 0) is 9.63 Å². The van der Waals surface area contributed by atoms with Crippen LogP contribution in [0.1, 0.15) is 11.1 Å². The van der Waals surface area contributed by atoms with Crippen molar-refractivity contribution in [1.29, 1.82) is 0 Å². The number of oxime groups is 1. The van der Waals surface area contributed by atoms with E-state index in [1.807, 2.05) is 0 Å². The fourth-order valence-corrected chi connectivity index (χ4v) is 1.56. The molecule has 0 aromatic heterocycles. The molecular weight excluding hydrogens is 252 g/mol. The van der Waals surface area contributed by atoms with E-state index in [1.165, 1.54) is 48.5 Å². The van der Waals surface area contributed by atoms with E-state index >= 15 is 0 Å². The van der Waals surface area contributed by atoms with Gasteiger partial charge in [0.1, 0.15) is 17.3 Å². The largest absolute Gasteiger partial charge is 0.323 e. The van der Waals surface area contributed by atoms with Crippen LogP contribution < -0.4 is 0 Å². The summed E-state index contributed by atoms with van der Waals surface area (Å²) in [6, 6.07) is 11.0. The van der Waals surface area contributed by atoms with Crippen LogP contribution in [0.15, 0.2) is 53.7 Å². The lowest BCUT2D eigenvalue weighted by Gasteiger charge is -2.05. The Hall–Kier alpha value is -2.56. The molecule has 3 nitrogen and oxygen atoms in total. The highest BCUT2D eigenvalue weighted by Gasteiger charge is 2.08. The minimum absolute atomic E-state index is 0.174. The Kier molecular flexibility index (Phi) is 3.97. The van der Waals surface area contributed by atoms with Gasteiger partial charge >= 0.3 is 6.47 Å². The molecule has 0 bridgehead atoms. The molecule has 5 heteroatoms. The second-order valence-electron chi connectivity index (χ2n) is 3.66. The van der Waals surface area contributed by atoms with Gasteiger partial charge in [-0.3, -0.25) is 4.79 Å². The summed E-state index contributed by atoms with van der Waals surface area (Å²) in [7, 11) is 0. The maximum atomic E-state index is 12.9. The summed E-state index contributed by atoms with van der Waals surface area (Å²) in [4.78, 5) is 14.6. The number of hydrogen-bond donors (Lipinski definition) is 0.